The maximum Gasteiger partial charge on any atom is 0.494 e. The van der Waals surface area contributed by atoms with Gasteiger partial charge in [-0.15, -0.1) is 4.52 Å². The van der Waals surface area contributed by atoms with Gasteiger partial charge in [-0.3, -0.25) is 0 Å². The topological polar surface area (TPSA) is 52.6 Å². The highest BCUT2D eigenvalue weighted by atomic mass is 31.1. The van der Waals surface area contributed by atoms with Crippen LogP contribution in [0.1, 0.15) is 6.92 Å². The van der Waals surface area contributed by atoms with Gasteiger partial charge in [0, 0.05) is 5.57 Å². The van der Waals surface area contributed by atoms with Crippen LogP contribution in [0.25, 0.3) is 0 Å². The first-order valence-electron chi connectivity index (χ1n) is 5.01. The van der Waals surface area contributed by atoms with Gasteiger partial charge in [-0.2, -0.15) is 0 Å². The quantitative estimate of drug-likeness (QED) is 0.183. The molecule has 0 saturated heterocycles. The van der Waals surface area contributed by atoms with E-state index in [0.29, 0.717) is 12.2 Å². The number of likely N-dealkylation sites (N-methyl/N-ethyl adjacent to an activating group) is 1. The number of quaternary nitrogens is 1. The molecular weight excluding hydrogens is 241 g/mol. The highest BCUT2D eigenvalue weighted by Gasteiger charge is 2.06. The van der Waals surface area contributed by atoms with E-state index in [2.05, 4.69) is 43.6 Å². The van der Waals surface area contributed by atoms with Crippen LogP contribution in [0, 0.1) is 0 Å². The summed E-state index contributed by atoms with van der Waals surface area (Å²) in [5, 5.41) is 0. The van der Waals surface area contributed by atoms with Crippen molar-refractivity contribution >= 4 is 14.7 Å². The van der Waals surface area contributed by atoms with E-state index in [1.807, 2.05) is 0 Å². The van der Waals surface area contributed by atoms with Crippen LogP contribution in [0.4, 0.5) is 0 Å². The first-order chi connectivity index (χ1) is 7.74. The third-order valence-corrected chi connectivity index (χ3v) is 1.78. The number of rotatable bonds is 6. The number of nitrogens with zero attached hydrogens (tertiary/aromatic N) is 1. The van der Waals surface area contributed by atoms with Crippen LogP contribution in [0.5, 0.6) is 0 Å². The van der Waals surface area contributed by atoms with Gasteiger partial charge < -0.3 is 9.22 Å². The molecule has 1 unspecified atom stereocenters. The number of hydrogen-bond donors (Lipinski definition) is 0. The minimum atomic E-state index is -0.616. The number of carbonyl (C=O) groups excluding carboxylic acids is 1. The van der Waals surface area contributed by atoms with Crippen LogP contribution in [-0.2, 0) is 18.6 Å². The van der Waals surface area contributed by atoms with Crippen LogP contribution in [0.15, 0.2) is 25.0 Å². The van der Waals surface area contributed by atoms with E-state index in [9.17, 15) is 9.36 Å². The summed E-state index contributed by atoms with van der Waals surface area (Å²) in [5.74, 6) is -0.431. The van der Waals surface area contributed by atoms with Crippen molar-refractivity contribution in [3.8, 4) is 0 Å². The number of carbonyl (C=O) groups is 1. The summed E-state index contributed by atoms with van der Waals surface area (Å²) in [5.41, 5.74) is 0.380. The Labute approximate surface area is 105 Å². The molecule has 0 spiro atoms. The molecule has 0 aliphatic rings. The summed E-state index contributed by atoms with van der Waals surface area (Å²) >= 11 is 0. The molecule has 0 saturated carbocycles. The van der Waals surface area contributed by atoms with Crippen molar-refractivity contribution in [2.45, 2.75) is 6.92 Å². The SMILES string of the molecule is C=COC(=O)C(=C)C.C[N+](C)(C)CCO[PH+]=O. The average Bonchev–Trinajstić information content (AvgIpc) is 2.17. The molecule has 0 heterocycles. The lowest BCUT2D eigenvalue weighted by atomic mass is 10.4. The fourth-order valence-corrected chi connectivity index (χ4v) is 0.712. The van der Waals surface area contributed by atoms with Crippen molar-refractivity contribution in [2.75, 3.05) is 34.3 Å². The molecule has 0 radical (unpaired) electrons. The van der Waals surface area contributed by atoms with Gasteiger partial charge in [-0.1, -0.05) is 13.2 Å². The Morgan fingerprint density at radius 1 is 1.41 bits per heavy atom. The highest BCUT2D eigenvalue weighted by Crippen LogP contribution is 1.96. The third-order valence-electron chi connectivity index (χ3n) is 1.46. The van der Waals surface area contributed by atoms with E-state index in [1.165, 1.54) is 0 Å². The second-order valence-electron chi connectivity index (χ2n) is 4.30. The molecule has 0 fully saturated rings. The molecule has 0 aromatic carbocycles. The summed E-state index contributed by atoms with van der Waals surface area (Å²) in [6, 6.07) is 0. The molecule has 0 amide bonds. The zero-order valence-corrected chi connectivity index (χ0v) is 12.0. The maximum absolute atomic E-state index is 10.3. The lowest BCUT2D eigenvalue weighted by Crippen LogP contribution is -2.37. The first kappa shape index (κ1) is 18.3. The third kappa shape index (κ3) is 17.6. The van der Waals surface area contributed by atoms with E-state index < -0.39 is 14.7 Å². The molecule has 0 rings (SSSR count). The highest BCUT2D eigenvalue weighted by molar-refractivity contribution is 7.17. The van der Waals surface area contributed by atoms with Gasteiger partial charge in [0.25, 0.3) is 0 Å². The zero-order valence-electron chi connectivity index (χ0n) is 11.0. The fourth-order valence-electron chi connectivity index (χ4n) is 0.537. The van der Waals surface area contributed by atoms with E-state index >= 15 is 0 Å². The summed E-state index contributed by atoms with van der Waals surface area (Å²) in [6.07, 6.45) is 1.08. The second kappa shape index (κ2) is 10.1. The number of esters is 1. The molecule has 17 heavy (non-hydrogen) atoms. The first-order valence-corrected chi connectivity index (χ1v) is 5.83. The van der Waals surface area contributed by atoms with Crippen LogP contribution >= 0.6 is 8.69 Å². The molecule has 0 bridgehead atoms. The lowest BCUT2D eigenvalue weighted by molar-refractivity contribution is -0.870. The molecule has 0 aliphatic heterocycles. The smallest absolute Gasteiger partial charge is 0.432 e. The lowest BCUT2D eigenvalue weighted by Gasteiger charge is -2.21. The second-order valence-corrected chi connectivity index (χ2v) is 4.75. The fraction of sp³-hybridized carbons (Fsp3) is 0.545. The van der Waals surface area contributed by atoms with Crippen LogP contribution < -0.4 is 0 Å². The van der Waals surface area contributed by atoms with Crippen LogP contribution in [0.2, 0.25) is 0 Å². The summed E-state index contributed by atoms with van der Waals surface area (Å²) < 4.78 is 19.7. The molecular formula is C11H22NO4P+2. The van der Waals surface area contributed by atoms with Crippen LogP contribution in [-0.4, -0.2) is 44.7 Å². The molecule has 0 aromatic heterocycles. The van der Waals surface area contributed by atoms with Crippen LogP contribution in [0.3, 0.4) is 0 Å². The van der Waals surface area contributed by atoms with Gasteiger partial charge in [0.05, 0.1) is 27.4 Å². The largest absolute Gasteiger partial charge is 0.494 e. The Kier molecular flexibility index (Phi) is 10.9. The van der Waals surface area contributed by atoms with Gasteiger partial charge in [0.15, 0.2) is 6.61 Å². The minimum absolute atomic E-state index is 0.380. The molecule has 6 heteroatoms. The molecule has 0 N–H and O–H groups in total. The standard InChI is InChI=1S/C6H8O2.C5H14NO2P/c1-4-8-6(7)5(2)3;1-6(2,3)4-5-8-9-7/h4H,1-2H2,3H3;9H,4-5H2,1-3H3/q;+2. The van der Waals surface area contributed by atoms with Crippen molar-refractivity contribution < 1.29 is 23.1 Å². The Morgan fingerprint density at radius 2 is 1.94 bits per heavy atom. The zero-order chi connectivity index (χ0) is 13.9. The Bertz CT molecular complexity index is 271. The predicted molar refractivity (Wildman–Crippen MR) is 69.0 cm³/mol. The minimum Gasteiger partial charge on any atom is -0.432 e. The van der Waals surface area contributed by atoms with Gasteiger partial charge in [0.1, 0.15) is 6.54 Å². The predicted octanol–water partition coefficient (Wildman–Crippen LogP) is 1.90. The van der Waals surface area contributed by atoms with Crippen molar-refractivity contribution in [3.05, 3.63) is 25.0 Å². The van der Waals surface area contributed by atoms with E-state index in [4.69, 9.17) is 0 Å². The molecule has 0 aromatic rings. The van der Waals surface area contributed by atoms with E-state index in [-0.39, 0.29) is 0 Å². The Hall–Kier alpha value is -1.03. The van der Waals surface area contributed by atoms with Crippen molar-refractivity contribution in [1.82, 2.24) is 0 Å². The van der Waals surface area contributed by atoms with E-state index in [0.717, 1.165) is 17.3 Å². The summed E-state index contributed by atoms with van der Waals surface area (Å²) in [4.78, 5) is 10.3. The Balaban J connectivity index is 0. The van der Waals surface area contributed by atoms with Gasteiger partial charge >= 0.3 is 14.7 Å². The van der Waals surface area contributed by atoms with E-state index in [1.54, 1.807) is 6.92 Å². The summed E-state index contributed by atoms with van der Waals surface area (Å²) in [7, 11) is 5.58. The van der Waals surface area contributed by atoms with Crippen molar-refractivity contribution in [1.29, 1.82) is 0 Å². The molecule has 98 valence electrons. The van der Waals surface area contributed by atoms with Crippen molar-refractivity contribution in [2.24, 2.45) is 0 Å². The Morgan fingerprint density at radius 3 is 2.18 bits per heavy atom. The molecule has 0 aliphatic carbocycles. The van der Waals surface area contributed by atoms with Crippen molar-refractivity contribution in [3.63, 3.8) is 0 Å². The van der Waals surface area contributed by atoms with Gasteiger partial charge in [-0.05, 0) is 11.5 Å². The van der Waals surface area contributed by atoms with Gasteiger partial charge in [0.2, 0.25) is 0 Å². The summed E-state index contributed by atoms with van der Waals surface area (Å²) in [6.45, 7) is 9.60. The monoisotopic (exact) mass is 263 g/mol. The average molecular weight is 263 g/mol. The number of hydrogen-bond acceptors (Lipinski definition) is 4. The number of ether oxygens (including phenoxy) is 1. The van der Waals surface area contributed by atoms with Gasteiger partial charge in [-0.25, -0.2) is 4.79 Å². The maximum atomic E-state index is 10.3. The molecule has 1 atom stereocenters. The molecule has 5 nitrogen and oxygen atoms in total. The normalized spacial score (nSPS) is 10.1.